The number of para-hydroxylation sites is 1. The average molecular weight is 249 g/mol. The number of nitrogens with zero attached hydrogens (tertiary/aromatic N) is 1. The third-order valence-electron chi connectivity index (χ3n) is 2.08. The topological polar surface area (TPSA) is 76.0 Å². The number of ether oxygens (including phenoxy) is 1. The van der Waals surface area contributed by atoms with Gasteiger partial charge in [-0.1, -0.05) is 12.1 Å². The number of hydrogen-bond donors (Lipinski definition) is 1. The molecule has 1 rings (SSSR count). The molecule has 1 N–H and O–H groups in total. The molecule has 0 amide bonds. The smallest absolute Gasteiger partial charge is 0.308 e. The van der Waals surface area contributed by atoms with Crippen LogP contribution in [0.25, 0.3) is 0 Å². The number of rotatable bonds is 6. The molecular formula is C13H15NO4. The summed E-state index contributed by atoms with van der Waals surface area (Å²) in [5.74, 6) is -0.765. The second-order valence-electron chi connectivity index (χ2n) is 3.66. The molecule has 0 saturated carbocycles. The van der Waals surface area contributed by atoms with Crippen molar-refractivity contribution in [1.82, 2.24) is 0 Å². The largest absolute Gasteiger partial charge is 0.481 e. The normalized spacial score (nSPS) is 10.5. The summed E-state index contributed by atoms with van der Waals surface area (Å²) in [6.45, 7) is 1.77. The van der Waals surface area contributed by atoms with Crippen molar-refractivity contribution in [2.45, 2.75) is 19.8 Å². The van der Waals surface area contributed by atoms with Crippen LogP contribution in [0.4, 0.5) is 0 Å². The van der Waals surface area contributed by atoms with Crippen molar-refractivity contribution < 1.29 is 19.4 Å². The third-order valence-corrected chi connectivity index (χ3v) is 2.08. The van der Waals surface area contributed by atoms with E-state index in [9.17, 15) is 9.59 Å². The van der Waals surface area contributed by atoms with Crippen molar-refractivity contribution in [2.24, 2.45) is 4.99 Å². The van der Waals surface area contributed by atoms with Crippen LogP contribution >= 0.6 is 0 Å². The number of carbonyl (C=O) groups excluding carboxylic acids is 1. The molecule has 1 aromatic carbocycles. The summed E-state index contributed by atoms with van der Waals surface area (Å²) in [5.41, 5.74) is 0.697. The molecule has 96 valence electrons. The van der Waals surface area contributed by atoms with Gasteiger partial charge in [-0.15, -0.1) is 0 Å². The van der Waals surface area contributed by atoms with E-state index in [1.165, 1.54) is 6.92 Å². The van der Waals surface area contributed by atoms with Crippen molar-refractivity contribution in [1.29, 1.82) is 0 Å². The monoisotopic (exact) mass is 249 g/mol. The van der Waals surface area contributed by atoms with Crippen molar-refractivity contribution in [3.05, 3.63) is 29.8 Å². The van der Waals surface area contributed by atoms with E-state index in [4.69, 9.17) is 9.84 Å². The van der Waals surface area contributed by atoms with Crippen molar-refractivity contribution in [2.75, 3.05) is 6.54 Å². The van der Waals surface area contributed by atoms with Crippen molar-refractivity contribution in [3.63, 3.8) is 0 Å². The van der Waals surface area contributed by atoms with Crippen LogP contribution in [0.3, 0.4) is 0 Å². The molecule has 5 nitrogen and oxygen atoms in total. The van der Waals surface area contributed by atoms with Gasteiger partial charge in [0.25, 0.3) is 0 Å². The highest BCUT2D eigenvalue weighted by molar-refractivity contribution is 5.85. The first-order valence-electron chi connectivity index (χ1n) is 5.58. The zero-order chi connectivity index (χ0) is 13.4. The van der Waals surface area contributed by atoms with E-state index in [2.05, 4.69) is 4.99 Å². The molecule has 18 heavy (non-hydrogen) atoms. The third kappa shape index (κ3) is 5.25. The minimum atomic E-state index is -0.828. The summed E-state index contributed by atoms with van der Waals surface area (Å²) >= 11 is 0. The van der Waals surface area contributed by atoms with Gasteiger partial charge in [0.05, 0.1) is 0 Å². The van der Waals surface area contributed by atoms with Gasteiger partial charge in [0, 0.05) is 31.7 Å². The molecule has 0 spiro atoms. The van der Waals surface area contributed by atoms with E-state index >= 15 is 0 Å². The Hall–Kier alpha value is -2.17. The fourth-order valence-corrected chi connectivity index (χ4v) is 1.32. The summed E-state index contributed by atoms with van der Waals surface area (Å²) in [6, 6.07) is 7.03. The first kappa shape index (κ1) is 13.9. The fourth-order valence-electron chi connectivity index (χ4n) is 1.32. The van der Waals surface area contributed by atoms with Crippen LogP contribution in [0.15, 0.2) is 29.3 Å². The Morgan fingerprint density at radius 3 is 2.78 bits per heavy atom. The number of aliphatic imine (C=N–C) groups is 1. The average Bonchev–Trinajstić information content (AvgIpc) is 2.29. The predicted octanol–water partition coefficient (Wildman–Crippen LogP) is 1.90. The SMILES string of the molecule is CC(=O)Oc1ccccc1C=NCCCC(=O)O. The second-order valence-corrected chi connectivity index (χ2v) is 3.66. The maximum atomic E-state index is 10.9. The van der Waals surface area contributed by atoms with Crippen LogP contribution in [0, 0.1) is 0 Å². The molecule has 0 atom stereocenters. The minimum Gasteiger partial charge on any atom is -0.481 e. The van der Waals surface area contributed by atoms with Gasteiger partial charge in [-0.3, -0.25) is 14.6 Å². The lowest BCUT2D eigenvalue weighted by atomic mass is 10.2. The molecule has 0 bridgehead atoms. The lowest BCUT2D eigenvalue weighted by Crippen LogP contribution is -2.03. The molecule has 0 fully saturated rings. The molecule has 0 radical (unpaired) electrons. The second kappa shape index (κ2) is 7.21. The van der Waals surface area contributed by atoms with E-state index in [-0.39, 0.29) is 12.4 Å². The lowest BCUT2D eigenvalue weighted by molar-refractivity contribution is -0.137. The van der Waals surface area contributed by atoms with E-state index < -0.39 is 5.97 Å². The predicted molar refractivity (Wildman–Crippen MR) is 67.1 cm³/mol. The van der Waals surface area contributed by atoms with Gasteiger partial charge in [0.15, 0.2) is 0 Å². The molecule has 0 aliphatic heterocycles. The Bertz CT molecular complexity index is 454. The van der Waals surface area contributed by atoms with Crippen LogP contribution in [0.5, 0.6) is 5.75 Å². The Labute approximate surface area is 105 Å². The van der Waals surface area contributed by atoms with Crippen molar-refractivity contribution >= 4 is 18.2 Å². The summed E-state index contributed by atoms with van der Waals surface area (Å²) in [4.78, 5) is 25.3. The highest BCUT2D eigenvalue weighted by Gasteiger charge is 2.02. The molecule has 1 aromatic rings. The Balaban J connectivity index is 2.57. The Kier molecular flexibility index (Phi) is 5.57. The van der Waals surface area contributed by atoms with E-state index in [0.717, 1.165) is 0 Å². The quantitative estimate of drug-likeness (QED) is 0.361. The molecule has 0 aliphatic carbocycles. The van der Waals surface area contributed by atoms with Crippen LogP contribution in [-0.4, -0.2) is 29.8 Å². The van der Waals surface area contributed by atoms with Crippen LogP contribution in [-0.2, 0) is 9.59 Å². The van der Waals surface area contributed by atoms with Gasteiger partial charge >= 0.3 is 11.9 Å². The summed E-state index contributed by atoms with van der Waals surface area (Å²) in [7, 11) is 0. The maximum absolute atomic E-state index is 10.9. The van der Waals surface area contributed by atoms with Gasteiger partial charge in [0.2, 0.25) is 0 Å². The van der Waals surface area contributed by atoms with Crippen LogP contribution in [0.2, 0.25) is 0 Å². The van der Waals surface area contributed by atoms with E-state index in [1.54, 1.807) is 24.4 Å². The van der Waals surface area contributed by atoms with Crippen molar-refractivity contribution in [3.8, 4) is 5.75 Å². The molecule has 0 heterocycles. The summed E-state index contributed by atoms with van der Waals surface area (Å²) in [6.07, 6.45) is 2.17. The van der Waals surface area contributed by atoms with E-state index in [1.807, 2.05) is 6.07 Å². The minimum absolute atomic E-state index is 0.100. The molecule has 0 aromatic heterocycles. The maximum Gasteiger partial charge on any atom is 0.308 e. The highest BCUT2D eigenvalue weighted by atomic mass is 16.5. The summed E-state index contributed by atoms with van der Waals surface area (Å²) < 4.78 is 5.02. The zero-order valence-electron chi connectivity index (χ0n) is 10.1. The lowest BCUT2D eigenvalue weighted by Gasteiger charge is -2.04. The Morgan fingerprint density at radius 2 is 2.11 bits per heavy atom. The number of esters is 1. The number of carboxylic acid groups (broad SMARTS) is 1. The number of aliphatic carboxylic acids is 1. The Morgan fingerprint density at radius 1 is 1.39 bits per heavy atom. The molecule has 0 saturated heterocycles. The van der Waals surface area contributed by atoms with Crippen LogP contribution < -0.4 is 4.74 Å². The first-order valence-corrected chi connectivity index (χ1v) is 5.58. The molecule has 0 aliphatic rings. The molecule has 0 unspecified atom stereocenters. The number of carboxylic acids is 1. The first-order chi connectivity index (χ1) is 8.59. The number of benzene rings is 1. The van der Waals surface area contributed by atoms with Gasteiger partial charge < -0.3 is 9.84 Å². The standard InChI is InChI=1S/C13H15NO4/c1-10(15)18-12-6-3-2-5-11(12)9-14-8-4-7-13(16)17/h2-3,5-6,9H,4,7-8H2,1H3,(H,16,17). The van der Waals surface area contributed by atoms with Gasteiger partial charge in [-0.25, -0.2) is 0 Å². The molecule has 5 heteroatoms. The zero-order valence-corrected chi connectivity index (χ0v) is 10.1. The number of hydrogen-bond acceptors (Lipinski definition) is 4. The number of carbonyl (C=O) groups is 2. The van der Waals surface area contributed by atoms with E-state index in [0.29, 0.717) is 24.3 Å². The van der Waals surface area contributed by atoms with Gasteiger partial charge in [0.1, 0.15) is 5.75 Å². The van der Waals surface area contributed by atoms with Gasteiger partial charge in [-0.2, -0.15) is 0 Å². The molecular weight excluding hydrogens is 234 g/mol. The van der Waals surface area contributed by atoms with Gasteiger partial charge in [-0.05, 0) is 18.6 Å². The summed E-state index contributed by atoms with van der Waals surface area (Å²) in [5, 5.41) is 8.46. The van der Waals surface area contributed by atoms with Crippen LogP contribution in [0.1, 0.15) is 25.3 Å². The highest BCUT2D eigenvalue weighted by Crippen LogP contribution is 2.15. The fraction of sp³-hybridized carbons (Fsp3) is 0.308.